The second kappa shape index (κ2) is 42.4. The van der Waals surface area contributed by atoms with Gasteiger partial charge in [0, 0.05) is 41.4 Å². The number of carboxylic acid groups (broad SMARTS) is 1. The number of ketones is 1. The van der Waals surface area contributed by atoms with Crippen molar-refractivity contribution in [3.05, 3.63) is 164 Å². The zero-order valence-corrected chi connectivity index (χ0v) is 58.9. The molecule has 10 N–H and O–H groups in total. The Balaban J connectivity index is 0.000000420. The number of fused-ring (bicyclic) bond motifs is 2. The maximum atomic E-state index is 14.1. The van der Waals surface area contributed by atoms with E-state index in [2.05, 4.69) is 31.0 Å². The van der Waals surface area contributed by atoms with E-state index in [9.17, 15) is 46.7 Å². The van der Waals surface area contributed by atoms with Crippen LogP contribution in [0, 0.1) is 17.5 Å². The van der Waals surface area contributed by atoms with Gasteiger partial charge in [-0.2, -0.15) is 10.2 Å². The number of hydrogen-bond donors (Lipinski definition) is 7. The van der Waals surface area contributed by atoms with Gasteiger partial charge in [0.15, 0.2) is 11.4 Å². The zero-order valence-electron chi connectivity index (χ0n) is 50.6. The average molecular weight is 1410 g/mol. The Morgan fingerprint density at radius 1 is 0.674 bits per heavy atom. The van der Waals surface area contributed by atoms with Crippen molar-refractivity contribution in [2.45, 2.75) is 57.1 Å². The molecule has 3 aliphatic heterocycles. The predicted molar refractivity (Wildman–Crippen MR) is 322 cm³/mol. The molecule has 34 heteroatoms. The van der Waals surface area contributed by atoms with Gasteiger partial charge in [-0.15, -0.1) is 11.6 Å². The molecule has 0 spiro atoms. The van der Waals surface area contributed by atoms with E-state index >= 15 is 0 Å². The number of carboxylic acids is 1. The standard InChI is InChI=1S/C22H21ClFN5O4.C12H14ClFN2O2.C10H9Cl2FO.C10H9N3O3.C3H7NO.CH2O3.2K.H/c23-16-6-3-4-13(20(16)24)8-26-18(30)9-28(14-11-33-12-14)19(31)10-29-17-7-2-1-5-15(17)21(27-29)22(25)32;13-10-3-1-2-8(12(10)14)4-16-11(17)5-15-9-6-18-7-9;11-6-8(14)5-4-7-2-1-3-9(12)10(7)13;11-10(16)9-6-3-1-2-4-7(6)13(12-9)5-8(14)15;4-3-1-5-2-3;2-1-4-3;;;/h1-7,14H,8-12H2,(H2,25,32)(H,26,30);1-3,9,15H,4-7H2,(H,16,17);1-3H,4-6H2;1-4H,5H2,(H2,11,16)(H,14,15);3H,1-2,4H2;1,3H;;;/q;;;;;;2*+1;-1/p-1. The second-order valence-electron chi connectivity index (χ2n) is 19.4. The van der Waals surface area contributed by atoms with Crippen LogP contribution in [-0.2, 0) is 80.5 Å². The Labute approximate surface area is 630 Å². The maximum Gasteiger partial charge on any atom is 1.00 e. The molecule has 3 fully saturated rings. The molecular formula is C58H62Cl4F3K2N11O14. The number of rotatable bonds is 21. The van der Waals surface area contributed by atoms with Crippen LogP contribution >= 0.6 is 46.4 Å². The number of alkyl halides is 1. The smallest absolute Gasteiger partial charge is 1.00 e. The molecule has 3 saturated heterocycles. The van der Waals surface area contributed by atoms with Crippen LogP contribution in [0.3, 0.4) is 0 Å². The number of para-hydroxylation sites is 2. The number of carbonyl (C=O) groups is 8. The molecule has 5 heterocycles. The van der Waals surface area contributed by atoms with Crippen molar-refractivity contribution >= 4 is 116 Å². The molecule has 10 rings (SSSR count). The topological polar surface area (TPSA) is 370 Å². The van der Waals surface area contributed by atoms with E-state index in [0.717, 1.165) is 13.2 Å². The van der Waals surface area contributed by atoms with Gasteiger partial charge in [-0.25, -0.2) is 13.2 Å². The first-order valence-corrected chi connectivity index (χ1v) is 28.6. The molecule has 0 atom stereocenters. The maximum absolute atomic E-state index is 14.1. The summed E-state index contributed by atoms with van der Waals surface area (Å²) in [5, 5.41) is 34.7. The van der Waals surface area contributed by atoms with E-state index in [1.54, 1.807) is 78.9 Å². The number of primary amides is 2. The summed E-state index contributed by atoms with van der Waals surface area (Å²) >= 11 is 22.3. The molecule has 2 aromatic heterocycles. The molecule has 5 amide bonds. The molecule has 25 nitrogen and oxygen atoms in total. The first-order chi connectivity index (χ1) is 43.1. The predicted octanol–water partition coefficient (Wildman–Crippen LogP) is -2.11. The first-order valence-electron chi connectivity index (χ1n) is 26.9. The molecule has 484 valence electrons. The Morgan fingerprint density at radius 2 is 1.10 bits per heavy atom. The number of amides is 5. The van der Waals surface area contributed by atoms with Gasteiger partial charge in [0.1, 0.15) is 42.9 Å². The van der Waals surface area contributed by atoms with E-state index in [0.29, 0.717) is 71.8 Å². The van der Waals surface area contributed by atoms with Crippen LogP contribution < -0.4 is 141 Å². The number of nitrogens with zero attached hydrogens (tertiary/aromatic N) is 5. The van der Waals surface area contributed by atoms with Crippen LogP contribution in [0.2, 0.25) is 15.1 Å². The van der Waals surface area contributed by atoms with Gasteiger partial charge in [0.05, 0.1) is 96.3 Å². The molecule has 0 saturated carbocycles. The molecule has 0 unspecified atom stereocenters. The van der Waals surface area contributed by atoms with Gasteiger partial charge >= 0.3 is 109 Å². The van der Waals surface area contributed by atoms with Crippen LogP contribution in [0.15, 0.2) is 103 Å². The summed E-state index contributed by atoms with van der Waals surface area (Å²) in [4.78, 5) is 94.2. The van der Waals surface area contributed by atoms with Gasteiger partial charge in [0.25, 0.3) is 18.3 Å². The van der Waals surface area contributed by atoms with Gasteiger partial charge in [-0.1, -0.05) is 108 Å². The van der Waals surface area contributed by atoms with Crippen molar-refractivity contribution in [1.82, 2.24) is 40.4 Å². The molecule has 3 aliphatic rings. The van der Waals surface area contributed by atoms with Crippen molar-refractivity contribution in [2.24, 2.45) is 17.2 Å². The third kappa shape index (κ3) is 25.9. The quantitative estimate of drug-likeness (QED) is 0.0133. The number of Topliss-reactive ketones (excluding diaryl/α,β-unsaturated/α-hetero) is 1. The Morgan fingerprint density at radius 3 is 1.49 bits per heavy atom. The Bertz CT molecular complexity index is 3630. The number of aromatic nitrogens is 4. The third-order valence-electron chi connectivity index (χ3n) is 12.8. The number of carbonyl (C=O) groups excluding carboxylic acids is 7. The normalized spacial score (nSPS) is 12.8. The third-order valence-corrected chi connectivity index (χ3v) is 14.0. The summed E-state index contributed by atoms with van der Waals surface area (Å²) in [7, 11) is 0. The van der Waals surface area contributed by atoms with Crippen LogP contribution in [0.1, 0.15) is 45.5 Å². The number of hydrogen-bond acceptors (Lipinski definition) is 17. The zero-order chi connectivity index (χ0) is 65.9. The summed E-state index contributed by atoms with van der Waals surface area (Å²) in [6, 6.07) is 28.1. The number of ether oxygens (including phenoxy) is 3. The van der Waals surface area contributed by atoms with Gasteiger partial charge in [-0.3, -0.25) is 47.7 Å². The Hall–Kier alpha value is -5.02. The molecule has 92 heavy (non-hydrogen) atoms. The molecule has 0 bridgehead atoms. The van der Waals surface area contributed by atoms with Crippen LogP contribution in [0.5, 0.6) is 0 Å². The van der Waals surface area contributed by atoms with Crippen LogP contribution in [-0.4, -0.2) is 154 Å². The minimum atomic E-state index is -1.02. The van der Waals surface area contributed by atoms with Crippen LogP contribution in [0.4, 0.5) is 13.2 Å². The fourth-order valence-electron chi connectivity index (χ4n) is 7.99. The minimum absolute atomic E-state index is 0. The van der Waals surface area contributed by atoms with Gasteiger partial charge in [-0.05, 0) is 42.3 Å². The number of nitrogens with one attached hydrogen (secondary N) is 3. The fraction of sp³-hybridized carbons (Fsp3) is 0.310. The van der Waals surface area contributed by atoms with Crippen molar-refractivity contribution in [2.75, 3.05) is 58.6 Å². The fourth-order valence-corrected chi connectivity index (χ4v) is 8.70. The second-order valence-corrected chi connectivity index (χ2v) is 20.8. The SMILES string of the molecule is NC(=O)c1nn(CC(=O)N(CC(=O)NCc2cccc(Cl)c2F)C2COC2)c2ccccc12.NC(=O)c1nn(CC(=O)O)c2ccccc12.NC1COC1.O=C(CCl)CCc1cccc(Cl)c1F.O=C(CNC1COC1)NCc1cccc(Cl)c1F.O=CO[O-].[H-].[K+].[K+]. The number of halogens is 7. The molecule has 5 aromatic carbocycles. The first kappa shape index (κ1) is 81.2. The summed E-state index contributed by atoms with van der Waals surface area (Å²) in [6.07, 6.45) is 0.596. The van der Waals surface area contributed by atoms with E-state index in [4.69, 9.17) is 93.0 Å². The van der Waals surface area contributed by atoms with Crippen LogP contribution in [0.25, 0.3) is 21.8 Å². The van der Waals surface area contributed by atoms with E-state index in [-0.39, 0.29) is 224 Å². The van der Waals surface area contributed by atoms with Crippen molar-refractivity contribution in [3.63, 3.8) is 0 Å². The molecule has 7 aromatic rings. The van der Waals surface area contributed by atoms with Gasteiger partial charge in [0.2, 0.25) is 17.7 Å². The Kier molecular flexibility index (Phi) is 37.5. The number of aliphatic carboxylic acids is 1. The van der Waals surface area contributed by atoms with E-state index < -0.39 is 41.1 Å². The van der Waals surface area contributed by atoms with Crippen molar-refractivity contribution < 1.29 is 185 Å². The summed E-state index contributed by atoms with van der Waals surface area (Å²) < 4.78 is 58.4. The molecule has 0 aliphatic carbocycles. The number of benzene rings is 5. The number of aryl methyl sites for hydroxylation is 1. The van der Waals surface area contributed by atoms with Crippen molar-refractivity contribution in [1.29, 1.82) is 0 Å². The molecule has 0 radical (unpaired) electrons. The molecular weight excluding hydrogens is 1350 g/mol. The summed E-state index contributed by atoms with van der Waals surface area (Å²) in [6.45, 7) is 2.75. The summed E-state index contributed by atoms with van der Waals surface area (Å²) in [5.41, 5.74) is 18.2. The number of nitrogens with two attached hydrogens (primary N) is 3. The summed E-state index contributed by atoms with van der Waals surface area (Å²) in [5.74, 6) is -5.06. The monoisotopic (exact) mass is 1410 g/mol. The minimum Gasteiger partial charge on any atom is -1.00 e. The van der Waals surface area contributed by atoms with Gasteiger partial charge < -0.3 is 68.9 Å². The largest absolute Gasteiger partial charge is 1.00 e. The van der Waals surface area contributed by atoms with E-state index in [1.807, 2.05) is 0 Å². The average Bonchev–Trinajstić information content (AvgIpc) is 1.66. The van der Waals surface area contributed by atoms with Crippen molar-refractivity contribution in [3.8, 4) is 0 Å². The van der Waals surface area contributed by atoms with E-state index in [1.165, 1.54) is 38.5 Å².